The fraction of sp³-hybridized carbons (Fsp3) is 0.444. The van der Waals surface area contributed by atoms with Crippen LogP contribution in [0.5, 0.6) is 0 Å². The van der Waals surface area contributed by atoms with Crippen LogP contribution in [0, 0.1) is 5.92 Å². The van der Waals surface area contributed by atoms with Crippen LogP contribution in [0.1, 0.15) is 25.5 Å². The predicted octanol–water partition coefficient (Wildman–Crippen LogP) is 0.613. The van der Waals surface area contributed by atoms with Crippen molar-refractivity contribution < 1.29 is 0 Å². The minimum Gasteiger partial charge on any atom is -0.394 e. The third-order valence-electron chi connectivity index (χ3n) is 2.08. The molecule has 1 atom stereocenters. The Hall–Kier alpha value is -1.29. The molecule has 0 spiro atoms. The molecule has 13 heavy (non-hydrogen) atoms. The molecule has 0 amide bonds. The van der Waals surface area contributed by atoms with Crippen molar-refractivity contribution in [3.63, 3.8) is 0 Å². The summed E-state index contributed by atoms with van der Waals surface area (Å²) in [6.07, 6.45) is 3.09. The summed E-state index contributed by atoms with van der Waals surface area (Å²) >= 11 is 0. The largest absolute Gasteiger partial charge is 0.394 e. The van der Waals surface area contributed by atoms with Crippen molar-refractivity contribution in [3.05, 3.63) is 28.2 Å². The number of aromatic amines is 1. The Bertz CT molecular complexity index is 343. The van der Waals surface area contributed by atoms with Crippen LogP contribution in [-0.4, -0.2) is 4.98 Å². The molecule has 4 nitrogen and oxygen atoms in total. The second kappa shape index (κ2) is 3.62. The average molecular weight is 181 g/mol. The molecule has 1 heterocycles. The zero-order chi connectivity index (χ0) is 10.0. The van der Waals surface area contributed by atoms with Gasteiger partial charge in [-0.1, -0.05) is 13.8 Å². The first-order valence-electron chi connectivity index (χ1n) is 4.26. The number of pyridine rings is 1. The first-order chi connectivity index (χ1) is 6.04. The maximum Gasteiger partial charge on any atom is 0.209 e. The topological polar surface area (TPSA) is 84.9 Å². The highest BCUT2D eigenvalue weighted by Gasteiger charge is 2.14. The molecule has 0 radical (unpaired) electrons. The van der Waals surface area contributed by atoms with Gasteiger partial charge in [0.15, 0.2) is 0 Å². The lowest BCUT2D eigenvalue weighted by atomic mass is 9.98. The number of anilines is 1. The van der Waals surface area contributed by atoms with Crippen LogP contribution in [0.2, 0.25) is 0 Å². The smallest absolute Gasteiger partial charge is 0.209 e. The number of aromatic nitrogens is 1. The Morgan fingerprint density at radius 1 is 1.38 bits per heavy atom. The van der Waals surface area contributed by atoms with E-state index in [-0.39, 0.29) is 23.1 Å². The molecule has 0 aliphatic carbocycles. The lowest BCUT2D eigenvalue weighted by Crippen LogP contribution is -2.25. The molecule has 0 aromatic carbocycles. The zero-order valence-electron chi connectivity index (χ0n) is 7.87. The molecule has 1 aromatic heterocycles. The summed E-state index contributed by atoms with van der Waals surface area (Å²) in [7, 11) is 0. The second-order valence-corrected chi connectivity index (χ2v) is 3.46. The summed E-state index contributed by atoms with van der Waals surface area (Å²) in [5.41, 5.74) is 11.9. The highest BCUT2D eigenvalue weighted by molar-refractivity contribution is 5.38. The van der Waals surface area contributed by atoms with Crippen molar-refractivity contribution >= 4 is 5.69 Å². The molecule has 5 N–H and O–H groups in total. The molecule has 0 fully saturated rings. The maximum atomic E-state index is 11.5. The van der Waals surface area contributed by atoms with Gasteiger partial charge in [-0.3, -0.25) is 4.79 Å². The third kappa shape index (κ3) is 1.89. The van der Waals surface area contributed by atoms with E-state index in [2.05, 4.69) is 4.98 Å². The fourth-order valence-corrected chi connectivity index (χ4v) is 1.13. The Kier molecular flexibility index (Phi) is 2.72. The van der Waals surface area contributed by atoms with E-state index in [9.17, 15) is 4.79 Å². The summed E-state index contributed by atoms with van der Waals surface area (Å²) in [4.78, 5) is 14.3. The van der Waals surface area contributed by atoms with Crippen LogP contribution >= 0.6 is 0 Å². The highest BCUT2D eigenvalue weighted by Crippen LogP contribution is 2.14. The summed E-state index contributed by atoms with van der Waals surface area (Å²) < 4.78 is 0. The number of nitrogens with two attached hydrogens (primary N) is 2. The number of nitrogen functional groups attached to an aromatic ring is 1. The lowest BCUT2D eigenvalue weighted by molar-refractivity contribution is 0.510. The zero-order valence-corrected chi connectivity index (χ0v) is 7.87. The first-order valence-corrected chi connectivity index (χ1v) is 4.26. The van der Waals surface area contributed by atoms with Crippen LogP contribution in [0.15, 0.2) is 17.2 Å². The molecular formula is C9H15N3O. The van der Waals surface area contributed by atoms with Crippen LogP contribution in [0.4, 0.5) is 5.69 Å². The SMILES string of the molecule is CC(C)C(N)c1c[nH]cc(N)c1=O. The van der Waals surface area contributed by atoms with Gasteiger partial charge < -0.3 is 16.5 Å². The minimum absolute atomic E-state index is 0.167. The van der Waals surface area contributed by atoms with Crippen molar-refractivity contribution in [2.75, 3.05) is 5.73 Å². The van der Waals surface area contributed by atoms with E-state index in [0.717, 1.165) is 0 Å². The van der Waals surface area contributed by atoms with Gasteiger partial charge in [0.2, 0.25) is 5.43 Å². The molecule has 72 valence electrons. The van der Waals surface area contributed by atoms with Gasteiger partial charge in [-0.2, -0.15) is 0 Å². The summed E-state index contributed by atoms with van der Waals surface area (Å²) in [5.74, 6) is 0.225. The number of hydrogen-bond donors (Lipinski definition) is 3. The summed E-state index contributed by atoms with van der Waals surface area (Å²) in [6, 6.07) is -0.257. The average Bonchev–Trinajstić information content (AvgIpc) is 2.08. The van der Waals surface area contributed by atoms with Gasteiger partial charge in [0.05, 0.1) is 5.69 Å². The normalized spacial score (nSPS) is 13.2. The van der Waals surface area contributed by atoms with Crippen molar-refractivity contribution in [2.45, 2.75) is 19.9 Å². The Labute approximate surface area is 77.0 Å². The number of hydrogen-bond acceptors (Lipinski definition) is 3. The van der Waals surface area contributed by atoms with E-state index >= 15 is 0 Å². The van der Waals surface area contributed by atoms with E-state index in [4.69, 9.17) is 11.5 Å². The Morgan fingerprint density at radius 3 is 2.54 bits per heavy atom. The first kappa shape index (κ1) is 9.80. The molecular weight excluding hydrogens is 166 g/mol. The van der Waals surface area contributed by atoms with Crippen LogP contribution < -0.4 is 16.9 Å². The maximum absolute atomic E-state index is 11.5. The second-order valence-electron chi connectivity index (χ2n) is 3.46. The standard InChI is InChI=1S/C9H15N3O/c1-5(2)8(11)6-3-12-4-7(10)9(6)13/h3-5,8H,10-11H2,1-2H3,(H,12,13). The Morgan fingerprint density at radius 2 is 2.00 bits per heavy atom. The highest BCUT2D eigenvalue weighted by atomic mass is 16.1. The summed E-state index contributed by atoms with van der Waals surface area (Å²) in [6.45, 7) is 3.93. The molecule has 0 bridgehead atoms. The molecule has 1 rings (SSSR count). The van der Waals surface area contributed by atoms with Gasteiger partial charge in [0.25, 0.3) is 0 Å². The van der Waals surface area contributed by atoms with Gasteiger partial charge in [0, 0.05) is 24.0 Å². The molecule has 1 unspecified atom stereocenters. The van der Waals surface area contributed by atoms with Crippen LogP contribution in [-0.2, 0) is 0 Å². The van der Waals surface area contributed by atoms with Gasteiger partial charge in [-0.25, -0.2) is 0 Å². The molecule has 4 heteroatoms. The molecule has 0 aliphatic heterocycles. The molecule has 0 saturated heterocycles. The van der Waals surface area contributed by atoms with Crippen molar-refractivity contribution in [2.24, 2.45) is 11.7 Å². The fourth-order valence-electron chi connectivity index (χ4n) is 1.13. The third-order valence-corrected chi connectivity index (χ3v) is 2.08. The molecule has 0 aliphatic rings. The predicted molar refractivity (Wildman–Crippen MR) is 53.2 cm³/mol. The van der Waals surface area contributed by atoms with Gasteiger partial charge in [0.1, 0.15) is 0 Å². The number of rotatable bonds is 2. The van der Waals surface area contributed by atoms with E-state index in [0.29, 0.717) is 5.56 Å². The minimum atomic E-state index is -0.257. The summed E-state index contributed by atoms with van der Waals surface area (Å²) in [5, 5.41) is 0. The number of nitrogens with one attached hydrogen (secondary N) is 1. The van der Waals surface area contributed by atoms with Crippen LogP contribution in [0.25, 0.3) is 0 Å². The molecule has 1 aromatic rings. The lowest BCUT2D eigenvalue weighted by Gasteiger charge is -2.14. The van der Waals surface area contributed by atoms with Gasteiger partial charge in [-0.05, 0) is 5.92 Å². The quantitative estimate of drug-likeness (QED) is 0.625. The number of H-pyrrole nitrogens is 1. The van der Waals surface area contributed by atoms with E-state index < -0.39 is 0 Å². The van der Waals surface area contributed by atoms with Crippen molar-refractivity contribution in [1.82, 2.24) is 4.98 Å². The van der Waals surface area contributed by atoms with E-state index in [1.165, 1.54) is 6.20 Å². The molecule has 0 saturated carbocycles. The van der Waals surface area contributed by atoms with Crippen LogP contribution in [0.3, 0.4) is 0 Å². The van der Waals surface area contributed by atoms with E-state index in [1.54, 1.807) is 6.20 Å². The monoisotopic (exact) mass is 181 g/mol. The van der Waals surface area contributed by atoms with Crippen molar-refractivity contribution in [3.8, 4) is 0 Å². The Balaban J connectivity index is 3.16. The van der Waals surface area contributed by atoms with Crippen molar-refractivity contribution in [1.29, 1.82) is 0 Å². The van der Waals surface area contributed by atoms with Gasteiger partial charge >= 0.3 is 0 Å². The van der Waals surface area contributed by atoms with Gasteiger partial charge in [-0.15, -0.1) is 0 Å². The van der Waals surface area contributed by atoms with E-state index in [1.807, 2.05) is 13.8 Å².